The minimum Gasteiger partial charge on any atom is -0.488 e. The van der Waals surface area contributed by atoms with Gasteiger partial charge in [0.05, 0.1) is 5.69 Å². The number of halogens is 3. The second kappa shape index (κ2) is 9.73. The van der Waals surface area contributed by atoms with Crippen LogP contribution in [0, 0.1) is 5.41 Å². The van der Waals surface area contributed by atoms with Crippen LogP contribution in [-0.4, -0.2) is 26.7 Å². The van der Waals surface area contributed by atoms with Crippen molar-refractivity contribution in [2.24, 2.45) is 5.41 Å². The molecule has 2 aromatic carbocycles. The van der Waals surface area contributed by atoms with Crippen LogP contribution in [0.2, 0.25) is 0 Å². The van der Waals surface area contributed by atoms with Gasteiger partial charge >= 0.3 is 6.18 Å². The largest absolute Gasteiger partial charge is 0.488 e. The molecule has 0 unspecified atom stereocenters. The Hall–Kier alpha value is -2.21. The second-order valence-electron chi connectivity index (χ2n) is 8.19. The zero-order valence-corrected chi connectivity index (χ0v) is 17.8. The Labute approximate surface area is 177 Å². The van der Waals surface area contributed by atoms with Crippen LogP contribution in [0.4, 0.5) is 18.9 Å². The van der Waals surface area contributed by atoms with E-state index in [2.05, 4.69) is 12.2 Å². The number of ether oxygens (including phenoxy) is 1. The molecule has 1 heterocycles. The van der Waals surface area contributed by atoms with Gasteiger partial charge in [-0.2, -0.15) is 13.2 Å². The van der Waals surface area contributed by atoms with E-state index < -0.39 is 11.7 Å². The van der Waals surface area contributed by atoms with E-state index in [1.807, 2.05) is 42.3 Å². The van der Waals surface area contributed by atoms with Gasteiger partial charge < -0.3 is 15.0 Å². The topological polar surface area (TPSA) is 24.5 Å². The average Bonchev–Trinajstić information content (AvgIpc) is 2.73. The number of anilines is 1. The van der Waals surface area contributed by atoms with E-state index in [4.69, 9.17) is 4.74 Å². The van der Waals surface area contributed by atoms with E-state index in [1.54, 1.807) is 12.1 Å². The maximum absolute atomic E-state index is 14.1. The normalized spacial score (nSPS) is 16.5. The Bertz CT molecular complexity index is 792. The summed E-state index contributed by atoms with van der Waals surface area (Å²) in [6, 6.07) is 13.9. The smallest absolute Gasteiger partial charge is 0.421 e. The summed E-state index contributed by atoms with van der Waals surface area (Å²) in [7, 11) is 1.94. The molecule has 0 saturated carbocycles. The first-order valence-corrected chi connectivity index (χ1v) is 10.6. The Morgan fingerprint density at radius 1 is 1.03 bits per heavy atom. The molecule has 1 aliphatic heterocycles. The van der Waals surface area contributed by atoms with E-state index in [9.17, 15) is 13.2 Å². The number of nitrogens with zero attached hydrogens (tertiary/aromatic N) is 1. The van der Waals surface area contributed by atoms with E-state index >= 15 is 0 Å². The summed E-state index contributed by atoms with van der Waals surface area (Å²) in [5.41, 5.74) is 0.561. The molecule has 164 valence electrons. The van der Waals surface area contributed by atoms with Crippen molar-refractivity contribution in [2.45, 2.75) is 45.4 Å². The van der Waals surface area contributed by atoms with E-state index in [0.717, 1.165) is 37.8 Å². The zero-order valence-electron chi connectivity index (χ0n) is 17.8. The predicted molar refractivity (Wildman–Crippen MR) is 115 cm³/mol. The number of alkyl halides is 3. The van der Waals surface area contributed by atoms with Gasteiger partial charge in [-0.1, -0.05) is 49.7 Å². The van der Waals surface area contributed by atoms with E-state index in [0.29, 0.717) is 13.1 Å². The molecule has 0 atom stereocenters. The molecule has 0 bridgehead atoms. The summed E-state index contributed by atoms with van der Waals surface area (Å²) in [5, 5.41) is 3.28. The van der Waals surface area contributed by atoms with Crippen molar-refractivity contribution in [2.75, 3.05) is 31.6 Å². The van der Waals surface area contributed by atoms with Gasteiger partial charge in [0.25, 0.3) is 0 Å². The summed E-state index contributed by atoms with van der Waals surface area (Å²) in [6.45, 7) is 4.41. The van der Waals surface area contributed by atoms with E-state index in [1.165, 1.54) is 6.07 Å². The lowest BCUT2D eigenvalue weighted by Gasteiger charge is -2.43. The van der Waals surface area contributed by atoms with Crippen molar-refractivity contribution in [1.82, 2.24) is 5.32 Å². The van der Waals surface area contributed by atoms with Crippen LogP contribution >= 0.6 is 0 Å². The third kappa shape index (κ3) is 5.28. The number of hydrogen-bond acceptors (Lipinski definition) is 3. The van der Waals surface area contributed by atoms with Crippen molar-refractivity contribution in [3.05, 3.63) is 59.7 Å². The fourth-order valence-corrected chi connectivity index (χ4v) is 4.57. The summed E-state index contributed by atoms with van der Waals surface area (Å²) in [6.07, 6.45) is -0.542. The van der Waals surface area contributed by atoms with Crippen LogP contribution in [-0.2, 0) is 12.8 Å². The molecule has 0 aliphatic carbocycles. The molecule has 1 fully saturated rings. The van der Waals surface area contributed by atoms with Gasteiger partial charge in [-0.05, 0) is 49.4 Å². The number of hydrogen-bond donors (Lipinski definition) is 1. The third-order valence-corrected chi connectivity index (χ3v) is 6.02. The number of rotatable bonds is 8. The molecule has 1 N–H and O–H groups in total. The lowest BCUT2D eigenvalue weighted by atomic mass is 9.74. The zero-order chi connectivity index (χ0) is 21.6. The van der Waals surface area contributed by atoms with Crippen LogP contribution in [0.25, 0.3) is 0 Å². The molecule has 0 radical (unpaired) electrons. The Morgan fingerprint density at radius 3 is 2.33 bits per heavy atom. The summed E-state index contributed by atoms with van der Waals surface area (Å²) >= 11 is 0. The van der Waals surface area contributed by atoms with Gasteiger partial charge in [-0.25, -0.2) is 0 Å². The molecule has 2 aromatic rings. The van der Waals surface area contributed by atoms with Crippen molar-refractivity contribution in [3.8, 4) is 5.75 Å². The minimum atomic E-state index is -4.48. The maximum atomic E-state index is 14.1. The molecule has 0 amide bonds. The van der Waals surface area contributed by atoms with Crippen molar-refractivity contribution >= 4 is 5.69 Å². The van der Waals surface area contributed by atoms with Crippen LogP contribution < -0.4 is 15.0 Å². The highest BCUT2D eigenvalue weighted by Gasteiger charge is 2.40. The lowest BCUT2D eigenvalue weighted by molar-refractivity contribution is -0.138. The second-order valence-corrected chi connectivity index (χ2v) is 8.19. The summed E-state index contributed by atoms with van der Waals surface area (Å²) in [4.78, 5) is 1.88. The fourth-order valence-electron chi connectivity index (χ4n) is 4.57. The molecular formula is C24H31F3N2O. The van der Waals surface area contributed by atoms with Crippen LogP contribution in [0.5, 0.6) is 5.75 Å². The third-order valence-electron chi connectivity index (χ3n) is 6.02. The van der Waals surface area contributed by atoms with Gasteiger partial charge in [0.2, 0.25) is 0 Å². The minimum absolute atomic E-state index is 0.106. The van der Waals surface area contributed by atoms with Crippen molar-refractivity contribution in [1.29, 1.82) is 0 Å². The van der Waals surface area contributed by atoms with Crippen LogP contribution in [0.1, 0.15) is 43.7 Å². The first-order valence-electron chi connectivity index (χ1n) is 10.6. The maximum Gasteiger partial charge on any atom is 0.421 e. The molecule has 0 spiro atoms. The highest BCUT2D eigenvalue weighted by atomic mass is 19.4. The number of nitrogens with one attached hydrogen (secondary N) is 1. The molecule has 1 saturated heterocycles. The summed E-state index contributed by atoms with van der Waals surface area (Å²) < 4.78 is 47.8. The monoisotopic (exact) mass is 420 g/mol. The lowest BCUT2D eigenvalue weighted by Crippen LogP contribution is -2.45. The first kappa shape index (κ1) is 22.5. The molecule has 1 aliphatic rings. The standard InChI is InChI=1S/C24H31F3N2O/c1-3-12-23(18-28-2)13-15-29(16-14-23)20-10-7-11-21(22(20)24(25,26)27)30-17-19-8-5-4-6-9-19/h4-11,28H,3,12-18H2,1-2H3. The van der Waals surface area contributed by atoms with E-state index in [-0.39, 0.29) is 23.5 Å². The molecular weight excluding hydrogens is 389 g/mol. The quantitative estimate of drug-likeness (QED) is 0.576. The van der Waals surface area contributed by atoms with Crippen LogP contribution in [0.3, 0.4) is 0 Å². The molecule has 3 rings (SSSR count). The Balaban J connectivity index is 1.83. The first-order chi connectivity index (χ1) is 14.4. The number of piperidine rings is 1. The Morgan fingerprint density at radius 2 is 1.73 bits per heavy atom. The highest BCUT2D eigenvalue weighted by molar-refractivity contribution is 5.61. The van der Waals surface area contributed by atoms with Gasteiger partial charge in [-0.3, -0.25) is 0 Å². The SMILES string of the molecule is CCCC1(CNC)CCN(c2cccc(OCc3ccccc3)c2C(F)(F)F)CC1. The van der Waals surface area contributed by atoms with Crippen LogP contribution in [0.15, 0.2) is 48.5 Å². The van der Waals surface area contributed by atoms with Gasteiger partial charge in [0.15, 0.2) is 0 Å². The van der Waals surface area contributed by atoms with Gasteiger partial charge in [0.1, 0.15) is 17.9 Å². The average molecular weight is 421 g/mol. The fraction of sp³-hybridized carbons (Fsp3) is 0.500. The summed E-state index contributed by atoms with van der Waals surface area (Å²) in [5.74, 6) is -0.107. The predicted octanol–water partition coefficient (Wildman–Crippen LogP) is 5.89. The van der Waals surface area contributed by atoms with Gasteiger partial charge in [0, 0.05) is 19.6 Å². The number of benzene rings is 2. The van der Waals surface area contributed by atoms with Crippen molar-refractivity contribution in [3.63, 3.8) is 0 Å². The van der Waals surface area contributed by atoms with Gasteiger partial charge in [-0.15, -0.1) is 0 Å². The Kier molecular flexibility index (Phi) is 7.29. The molecule has 0 aromatic heterocycles. The highest BCUT2D eigenvalue weighted by Crippen LogP contribution is 2.45. The molecule has 3 nitrogen and oxygen atoms in total. The molecule has 6 heteroatoms. The molecule has 30 heavy (non-hydrogen) atoms. The van der Waals surface area contributed by atoms with Crippen molar-refractivity contribution < 1.29 is 17.9 Å².